The first kappa shape index (κ1) is 62.8. The average molecular weight is 984 g/mol. The van der Waals surface area contributed by atoms with Crippen molar-refractivity contribution in [3.8, 4) is 23.0 Å². The molecule has 2 aromatic carbocycles. The van der Waals surface area contributed by atoms with Crippen LogP contribution in [0.2, 0.25) is 0 Å². The number of hydrogen-bond donors (Lipinski definition) is 1. The van der Waals surface area contributed by atoms with Crippen LogP contribution in [0.4, 0.5) is 0 Å². The number of methoxy groups -OCH3 is 1. The molecule has 3 heterocycles. The number of fused-ring (bicyclic) bond motifs is 4. The van der Waals surface area contributed by atoms with Crippen molar-refractivity contribution in [2.24, 2.45) is 17.8 Å². The van der Waals surface area contributed by atoms with Crippen molar-refractivity contribution in [2.75, 3.05) is 34.4 Å². The van der Waals surface area contributed by atoms with E-state index in [0.29, 0.717) is 54.1 Å². The minimum absolute atomic E-state index is 0. The molecule has 0 saturated heterocycles. The fourth-order valence-corrected chi connectivity index (χ4v) is 7.65. The van der Waals surface area contributed by atoms with Gasteiger partial charge >= 0.3 is 63.1 Å². The van der Waals surface area contributed by atoms with Gasteiger partial charge in [-0.05, 0) is 71.2 Å². The Morgan fingerprint density at radius 3 is 2.29 bits per heavy atom. The standard InChI is InChI=1S/C47H58N2O11.C3H8.C2H4O.C2H6.K/c1-27-14-12-15-29(3)46(53)48-37(26-50)39(58-35-17-13-16-34(24-35)55-21-19-49(9)10)25-36-30(4)42-32(6)44-41(36)45(52)47(8,60-44)56-20-18-38(54-11)31(5)43(57-33(7)51)40(59-42)23-28(2)22-27;1-3-2;1-2-3;1-2;/h12-16,18,20,24-28,31,38,40,43H,19,21-23H2,1-11H3,(H,48,53);3H2,1-2H3;2H,1H3;1-2H3;/q-2;;;;+1/b14-12+,20-18+,29-15-,39-37-;;;;/t27?,28-,31-,38+,40?,43?,47+;;;;/m1..../s1. The fraction of sp³-hybridized carbons (Fsp3) is 0.519. The van der Waals surface area contributed by atoms with Crippen molar-refractivity contribution in [2.45, 2.75) is 133 Å². The Morgan fingerprint density at radius 2 is 1.70 bits per heavy atom. The summed E-state index contributed by atoms with van der Waals surface area (Å²) >= 11 is 0. The summed E-state index contributed by atoms with van der Waals surface area (Å²) < 4.78 is 44.0. The first-order valence-corrected chi connectivity index (χ1v) is 23.5. The van der Waals surface area contributed by atoms with Crippen molar-refractivity contribution in [1.29, 1.82) is 0 Å². The molecule has 3 aliphatic heterocycles. The largest absolute Gasteiger partial charge is 1.00 e. The zero-order valence-electron chi connectivity index (χ0n) is 44.2. The van der Waals surface area contributed by atoms with Crippen LogP contribution in [0, 0.1) is 44.1 Å². The van der Waals surface area contributed by atoms with E-state index in [1.165, 1.54) is 39.9 Å². The molecular formula is C54H76KN2O12-. The molecule has 15 heteroatoms. The third-order valence-corrected chi connectivity index (χ3v) is 10.9. The van der Waals surface area contributed by atoms with Gasteiger partial charge in [-0.25, -0.2) is 0 Å². The zero-order chi connectivity index (χ0) is 51.3. The van der Waals surface area contributed by atoms with E-state index in [2.05, 4.69) is 39.1 Å². The summed E-state index contributed by atoms with van der Waals surface area (Å²) in [5.41, 5.74) is 1.55. The van der Waals surface area contributed by atoms with Gasteiger partial charge in [-0.3, -0.25) is 14.4 Å². The molecule has 0 saturated carbocycles. The molecule has 1 amide bonds. The molecule has 3 unspecified atom stereocenters. The molecule has 0 spiro atoms. The number of amides is 1. The van der Waals surface area contributed by atoms with Gasteiger partial charge in [0.05, 0.1) is 36.2 Å². The number of Topliss-reactive ketones (excluding diaryl/α,β-unsaturated/α-hetero) is 1. The van der Waals surface area contributed by atoms with Gasteiger partial charge in [-0.15, -0.1) is 17.7 Å². The van der Waals surface area contributed by atoms with Gasteiger partial charge in [0.1, 0.15) is 30.5 Å². The van der Waals surface area contributed by atoms with Crippen LogP contribution in [0.1, 0.15) is 122 Å². The smallest absolute Gasteiger partial charge is 0.518 e. The molecule has 376 valence electrons. The van der Waals surface area contributed by atoms with Gasteiger partial charge in [0.25, 0.3) is 0 Å². The van der Waals surface area contributed by atoms with E-state index in [0.717, 1.165) is 12.7 Å². The summed E-state index contributed by atoms with van der Waals surface area (Å²) in [4.78, 5) is 64.9. The Morgan fingerprint density at radius 1 is 1.04 bits per heavy atom. The zero-order valence-corrected chi connectivity index (χ0v) is 47.3. The number of ether oxygens (including phenoxy) is 7. The van der Waals surface area contributed by atoms with Crippen LogP contribution in [0.15, 0.2) is 65.8 Å². The number of ketones is 1. The Hall–Kier alpha value is -4.22. The molecule has 0 fully saturated rings. The number of carbonyl (C=O) groups excluding carboxylic acids is 5. The molecule has 5 bridgehead atoms. The van der Waals surface area contributed by atoms with E-state index in [1.807, 2.05) is 51.9 Å². The van der Waals surface area contributed by atoms with E-state index >= 15 is 0 Å². The maximum absolute atomic E-state index is 14.6. The van der Waals surface area contributed by atoms with Gasteiger partial charge < -0.3 is 53.0 Å². The van der Waals surface area contributed by atoms with Crippen LogP contribution in [0.5, 0.6) is 23.0 Å². The van der Waals surface area contributed by atoms with Gasteiger partial charge in [0.15, 0.2) is 0 Å². The second-order valence-corrected chi connectivity index (χ2v) is 17.2. The summed E-state index contributed by atoms with van der Waals surface area (Å²) in [6, 6.07) is 7.99. The monoisotopic (exact) mass is 984 g/mol. The number of allylic oxidation sites excluding steroid dienone is 5. The summed E-state index contributed by atoms with van der Waals surface area (Å²) in [5, 5.41) is 2.72. The van der Waals surface area contributed by atoms with Crippen molar-refractivity contribution in [3.63, 3.8) is 0 Å². The predicted molar refractivity (Wildman–Crippen MR) is 264 cm³/mol. The number of rotatable bonds is 9. The molecule has 1 N–H and O–H groups in total. The molecule has 69 heavy (non-hydrogen) atoms. The minimum Gasteiger partial charge on any atom is -0.518 e. The van der Waals surface area contributed by atoms with Crippen molar-refractivity contribution in [1.82, 2.24) is 10.2 Å². The maximum atomic E-state index is 14.6. The number of nitrogens with one attached hydrogen (secondary N) is 1. The molecule has 0 radical (unpaired) electrons. The fourth-order valence-electron chi connectivity index (χ4n) is 7.65. The second kappa shape index (κ2) is 31.2. The van der Waals surface area contributed by atoms with Crippen LogP contribution in [0.25, 0.3) is 0 Å². The number of aldehydes is 2. The quantitative estimate of drug-likeness (QED) is 0.124. The Labute approximate surface area is 454 Å². The molecule has 0 aliphatic carbocycles. The summed E-state index contributed by atoms with van der Waals surface area (Å²) in [6.07, 6.45) is 11.6. The second-order valence-electron chi connectivity index (χ2n) is 17.2. The van der Waals surface area contributed by atoms with Crippen LogP contribution >= 0.6 is 0 Å². The van der Waals surface area contributed by atoms with Crippen LogP contribution < -0.4 is 75.6 Å². The van der Waals surface area contributed by atoms with Gasteiger partial charge in [0, 0.05) is 56.1 Å². The van der Waals surface area contributed by atoms with Crippen LogP contribution in [0.3, 0.4) is 0 Å². The molecule has 7 atom stereocenters. The number of likely N-dealkylation sites (N-methyl/N-ethyl adjacent to an activating group) is 1. The third-order valence-electron chi connectivity index (χ3n) is 10.9. The molecule has 14 nitrogen and oxygen atoms in total. The molecule has 3 aliphatic rings. The van der Waals surface area contributed by atoms with E-state index in [4.69, 9.17) is 38.0 Å². The molecular weight excluding hydrogens is 908 g/mol. The summed E-state index contributed by atoms with van der Waals surface area (Å²) in [5.74, 6) is -2.55. The molecule has 0 aromatic heterocycles. The van der Waals surface area contributed by atoms with Gasteiger partial charge in [-0.1, -0.05) is 98.1 Å². The van der Waals surface area contributed by atoms with Crippen LogP contribution in [-0.2, 0) is 33.4 Å². The summed E-state index contributed by atoms with van der Waals surface area (Å²) in [6.45, 7) is 25.0. The first-order chi connectivity index (χ1) is 32.3. The number of esters is 1. The number of hydrogen-bond acceptors (Lipinski definition) is 13. The first-order valence-electron chi connectivity index (χ1n) is 23.5. The van der Waals surface area contributed by atoms with E-state index in [1.54, 1.807) is 58.2 Å². The minimum atomic E-state index is -1.82. The SMILES string of the molecule is CC.CC=O.CCC.CO[C@H]1/C=C/O[C@@]2(C)Oc3c(C)c4c(C)c(c3C2=O)[CH-]/C(Oc2[c-]ccc(OCCN(C)C)c2)=C(\C=O)NC(=O)/C(C)=C\C=C\C(C)C[C@@H](C)CC(O4)C(OC(C)=O)[C@@H]1C.[K+]. The molecule has 2 aromatic rings. The summed E-state index contributed by atoms with van der Waals surface area (Å²) in [7, 11) is 5.42. The molecule has 5 rings (SSSR count). The third kappa shape index (κ3) is 18.2. The van der Waals surface area contributed by atoms with E-state index in [-0.39, 0.29) is 97.3 Å². The Kier molecular flexibility index (Phi) is 28.4. The van der Waals surface area contributed by atoms with Gasteiger partial charge in [0.2, 0.25) is 11.7 Å². The Balaban J connectivity index is 0.00000248. The topological polar surface area (TPSA) is 165 Å². The number of carbonyl (C=O) groups is 5. The van der Waals surface area contributed by atoms with Crippen molar-refractivity contribution in [3.05, 3.63) is 101 Å². The van der Waals surface area contributed by atoms with E-state index < -0.39 is 47.7 Å². The predicted octanol–water partition coefficient (Wildman–Crippen LogP) is 6.59. The average Bonchev–Trinajstić information content (AvgIpc) is 3.55. The van der Waals surface area contributed by atoms with Crippen LogP contribution in [-0.4, -0.2) is 93.6 Å². The van der Waals surface area contributed by atoms with Gasteiger partial charge in [-0.2, -0.15) is 6.07 Å². The van der Waals surface area contributed by atoms with E-state index in [9.17, 15) is 19.2 Å². The number of nitrogens with zero attached hydrogens (tertiary/aromatic N) is 1. The normalized spacial score (nSPS) is 25.8. The Bertz CT molecular complexity index is 2150. The number of benzene rings is 2. The van der Waals surface area contributed by atoms with Crippen molar-refractivity contribution < 1.29 is 109 Å². The van der Waals surface area contributed by atoms with Crippen molar-refractivity contribution >= 4 is 30.2 Å². The maximum Gasteiger partial charge on any atom is 1.00 e.